The molecule has 3 N–H and O–H groups in total. The van der Waals surface area contributed by atoms with Crippen LogP contribution in [0.2, 0.25) is 0 Å². The first kappa shape index (κ1) is 13.3. The number of phenols is 1. The number of aromatic hydroxyl groups is 1. The summed E-state index contributed by atoms with van der Waals surface area (Å²) < 4.78 is 0. The summed E-state index contributed by atoms with van der Waals surface area (Å²) in [5.74, 6) is -0.221. The number of carbonyl (C=O) groups is 1. The summed E-state index contributed by atoms with van der Waals surface area (Å²) in [7, 11) is 0. The highest BCUT2D eigenvalue weighted by atomic mass is 16.3. The molecule has 0 fully saturated rings. The number of primary amides is 1. The van der Waals surface area contributed by atoms with Crippen LogP contribution in [0.15, 0.2) is 30.4 Å². The smallest absolute Gasteiger partial charge is 0.244 e. The Hall–Kier alpha value is -1.77. The van der Waals surface area contributed by atoms with E-state index < -0.39 is 5.91 Å². The SMILES string of the molecule is C=C(Cc1ccc(O)c(C(C)(C)C)c1)C(N)=O. The lowest BCUT2D eigenvalue weighted by atomic mass is 9.85. The van der Waals surface area contributed by atoms with Gasteiger partial charge in [0.2, 0.25) is 5.91 Å². The van der Waals surface area contributed by atoms with Crippen LogP contribution in [0, 0.1) is 0 Å². The van der Waals surface area contributed by atoms with Gasteiger partial charge >= 0.3 is 0 Å². The number of carbonyl (C=O) groups excluding carboxylic acids is 1. The number of amides is 1. The van der Waals surface area contributed by atoms with Gasteiger partial charge < -0.3 is 10.8 Å². The highest BCUT2D eigenvalue weighted by molar-refractivity contribution is 5.91. The molecule has 1 aromatic carbocycles. The summed E-state index contributed by atoms with van der Waals surface area (Å²) in [5.41, 5.74) is 7.16. The van der Waals surface area contributed by atoms with Crippen LogP contribution in [-0.2, 0) is 16.6 Å². The quantitative estimate of drug-likeness (QED) is 0.787. The molecular weight excluding hydrogens is 214 g/mol. The lowest BCUT2D eigenvalue weighted by Crippen LogP contribution is -2.15. The van der Waals surface area contributed by atoms with Gasteiger partial charge in [0, 0.05) is 12.0 Å². The second-order valence-electron chi connectivity index (χ2n) is 5.25. The Morgan fingerprint density at radius 2 is 2.00 bits per heavy atom. The zero-order valence-corrected chi connectivity index (χ0v) is 10.6. The van der Waals surface area contributed by atoms with Crippen molar-refractivity contribution >= 4 is 5.91 Å². The van der Waals surface area contributed by atoms with Crippen molar-refractivity contribution in [2.24, 2.45) is 5.73 Å². The van der Waals surface area contributed by atoms with Crippen molar-refractivity contribution in [3.63, 3.8) is 0 Å². The molecule has 3 heteroatoms. The van der Waals surface area contributed by atoms with Gasteiger partial charge in [0.15, 0.2) is 0 Å². The van der Waals surface area contributed by atoms with Gasteiger partial charge in [0.05, 0.1) is 0 Å². The zero-order chi connectivity index (χ0) is 13.2. The van der Waals surface area contributed by atoms with Gasteiger partial charge in [-0.3, -0.25) is 4.79 Å². The molecule has 0 aliphatic heterocycles. The van der Waals surface area contributed by atoms with E-state index in [-0.39, 0.29) is 11.2 Å². The Kier molecular flexibility index (Phi) is 3.61. The lowest BCUT2D eigenvalue weighted by molar-refractivity contribution is -0.114. The van der Waals surface area contributed by atoms with Crippen LogP contribution in [0.25, 0.3) is 0 Å². The molecule has 0 atom stereocenters. The average molecular weight is 233 g/mol. The predicted molar refractivity (Wildman–Crippen MR) is 68.8 cm³/mol. The number of benzene rings is 1. The summed E-state index contributed by atoms with van der Waals surface area (Å²) >= 11 is 0. The van der Waals surface area contributed by atoms with Gasteiger partial charge in [0.25, 0.3) is 0 Å². The van der Waals surface area contributed by atoms with Gasteiger partial charge in [-0.05, 0) is 22.6 Å². The van der Waals surface area contributed by atoms with Crippen LogP contribution < -0.4 is 5.73 Å². The molecule has 0 aliphatic rings. The van der Waals surface area contributed by atoms with E-state index in [4.69, 9.17) is 5.73 Å². The maximum Gasteiger partial charge on any atom is 0.244 e. The van der Waals surface area contributed by atoms with Crippen LogP contribution in [0.5, 0.6) is 5.75 Å². The third kappa shape index (κ3) is 3.34. The maximum atomic E-state index is 10.9. The maximum absolute atomic E-state index is 10.9. The predicted octanol–water partition coefficient (Wildman–Crippen LogP) is 2.27. The molecular formula is C14H19NO2. The van der Waals surface area contributed by atoms with Gasteiger partial charge in [-0.15, -0.1) is 0 Å². The molecule has 0 aromatic heterocycles. The Balaban J connectivity index is 3.05. The first-order valence-electron chi connectivity index (χ1n) is 5.52. The zero-order valence-electron chi connectivity index (χ0n) is 10.6. The van der Waals surface area contributed by atoms with Crippen molar-refractivity contribution in [1.82, 2.24) is 0 Å². The van der Waals surface area contributed by atoms with Crippen LogP contribution in [0.3, 0.4) is 0 Å². The molecule has 1 amide bonds. The van der Waals surface area contributed by atoms with Crippen molar-refractivity contribution in [1.29, 1.82) is 0 Å². The minimum absolute atomic E-state index is 0.145. The van der Waals surface area contributed by atoms with E-state index in [1.807, 2.05) is 26.8 Å². The van der Waals surface area contributed by atoms with Crippen LogP contribution >= 0.6 is 0 Å². The highest BCUT2D eigenvalue weighted by Gasteiger charge is 2.18. The highest BCUT2D eigenvalue weighted by Crippen LogP contribution is 2.31. The van der Waals surface area contributed by atoms with Crippen LogP contribution in [0.4, 0.5) is 0 Å². The minimum atomic E-state index is -0.490. The fourth-order valence-electron chi connectivity index (χ4n) is 1.63. The van der Waals surface area contributed by atoms with Crippen molar-refractivity contribution in [3.8, 4) is 5.75 Å². The van der Waals surface area contributed by atoms with Crippen molar-refractivity contribution < 1.29 is 9.90 Å². The third-order valence-corrected chi connectivity index (χ3v) is 2.63. The van der Waals surface area contributed by atoms with Crippen LogP contribution in [0.1, 0.15) is 31.9 Å². The Morgan fingerprint density at radius 3 is 2.47 bits per heavy atom. The molecule has 0 radical (unpaired) electrons. The Labute approximate surface area is 102 Å². The van der Waals surface area contributed by atoms with E-state index >= 15 is 0 Å². The molecule has 1 rings (SSSR count). The molecule has 0 spiro atoms. The van der Waals surface area contributed by atoms with Crippen molar-refractivity contribution in [2.75, 3.05) is 0 Å². The molecule has 92 valence electrons. The van der Waals surface area contributed by atoms with E-state index in [9.17, 15) is 9.90 Å². The molecule has 3 nitrogen and oxygen atoms in total. The first-order valence-corrected chi connectivity index (χ1v) is 5.52. The second-order valence-corrected chi connectivity index (χ2v) is 5.25. The Bertz CT molecular complexity index is 456. The van der Waals surface area contributed by atoms with Crippen molar-refractivity contribution in [2.45, 2.75) is 32.6 Å². The first-order chi connectivity index (χ1) is 7.71. The third-order valence-electron chi connectivity index (χ3n) is 2.63. The molecule has 0 aliphatic carbocycles. The summed E-state index contributed by atoms with van der Waals surface area (Å²) in [6.45, 7) is 9.69. The van der Waals surface area contributed by atoms with E-state index in [0.717, 1.165) is 11.1 Å². The molecule has 0 heterocycles. The molecule has 0 bridgehead atoms. The van der Waals surface area contributed by atoms with E-state index in [1.165, 1.54) is 0 Å². The number of rotatable bonds is 3. The van der Waals surface area contributed by atoms with Crippen LogP contribution in [-0.4, -0.2) is 11.0 Å². The molecule has 1 aromatic rings. The second kappa shape index (κ2) is 4.62. The fraction of sp³-hybridized carbons (Fsp3) is 0.357. The fourth-order valence-corrected chi connectivity index (χ4v) is 1.63. The van der Waals surface area contributed by atoms with E-state index in [1.54, 1.807) is 12.1 Å². The van der Waals surface area contributed by atoms with Gasteiger partial charge in [0.1, 0.15) is 5.75 Å². The Morgan fingerprint density at radius 1 is 1.41 bits per heavy atom. The standard InChI is InChI=1S/C14H19NO2/c1-9(13(15)17)7-10-5-6-12(16)11(8-10)14(2,3)4/h5-6,8,16H,1,7H2,2-4H3,(H2,15,17). The minimum Gasteiger partial charge on any atom is -0.508 e. The van der Waals surface area contributed by atoms with E-state index in [2.05, 4.69) is 6.58 Å². The summed E-state index contributed by atoms with van der Waals surface area (Å²) in [5, 5.41) is 9.80. The van der Waals surface area contributed by atoms with Crippen molar-refractivity contribution in [3.05, 3.63) is 41.5 Å². The van der Waals surface area contributed by atoms with Gasteiger partial charge in [-0.25, -0.2) is 0 Å². The summed E-state index contributed by atoms with van der Waals surface area (Å²) in [4.78, 5) is 10.9. The molecule has 0 unspecified atom stereocenters. The monoisotopic (exact) mass is 233 g/mol. The lowest BCUT2D eigenvalue weighted by Gasteiger charge is -2.21. The van der Waals surface area contributed by atoms with E-state index in [0.29, 0.717) is 12.0 Å². The average Bonchev–Trinajstić information content (AvgIpc) is 2.19. The number of hydrogen-bond donors (Lipinski definition) is 2. The molecule has 0 saturated carbocycles. The molecule has 0 saturated heterocycles. The van der Waals surface area contributed by atoms with Gasteiger partial charge in [-0.2, -0.15) is 0 Å². The number of nitrogens with two attached hydrogens (primary N) is 1. The topological polar surface area (TPSA) is 63.3 Å². The summed E-state index contributed by atoms with van der Waals surface area (Å²) in [6.07, 6.45) is 0.415. The van der Waals surface area contributed by atoms with Gasteiger partial charge in [-0.1, -0.05) is 39.5 Å². The largest absolute Gasteiger partial charge is 0.508 e. The number of hydrogen-bond acceptors (Lipinski definition) is 2. The summed E-state index contributed by atoms with van der Waals surface area (Å²) in [6, 6.07) is 5.31. The molecule has 17 heavy (non-hydrogen) atoms. The number of phenolic OH excluding ortho intramolecular Hbond substituents is 1. The normalized spacial score (nSPS) is 11.2.